The normalized spacial score (nSPS) is 14.6. The second kappa shape index (κ2) is 9.21. The lowest BCUT2D eigenvalue weighted by atomic mass is 10.1. The molecule has 28 heavy (non-hydrogen) atoms. The maximum absolute atomic E-state index is 12.9. The molecule has 7 heteroatoms. The zero-order valence-corrected chi connectivity index (χ0v) is 17.7. The number of piperazine rings is 1. The highest BCUT2D eigenvalue weighted by Gasteiger charge is 2.22. The van der Waals surface area contributed by atoms with E-state index < -0.39 is 0 Å². The van der Waals surface area contributed by atoms with Crippen LogP contribution >= 0.6 is 15.9 Å². The summed E-state index contributed by atoms with van der Waals surface area (Å²) in [5, 5.41) is 2.80. The SMILES string of the molecule is Cc1ccc(OCC(=O)Nc2ccccc2C(=O)N2CCN(C)CC2)c(Br)c1. The molecule has 1 fully saturated rings. The average Bonchev–Trinajstić information content (AvgIpc) is 2.68. The van der Waals surface area contributed by atoms with E-state index in [0.717, 1.165) is 23.1 Å². The second-order valence-electron chi connectivity index (χ2n) is 6.91. The number of aryl methyl sites for hydroxylation is 1. The summed E-state index contributed by atoms with van der Waals surface area (Å²) in [5.74, 6) is 0.222. The summed E-state index contributed by atoms with van der Waals surface area (Å²) in [7, 11) is 2.04. The summed E-state index contributed by atoms with van der Waals surface area (Å²) >= 11 is 3.43. The molecule has 2 amide bonds. The van der Waals surface area contributed by atoms with Gasteiger partial charge in [-0.15, -0.1) is 0 Å². The number of nitrogens with one attached hydrogen (secondary N) is 1. The van der Waals surface area contributed by atoms with Crippen molar-refractivity contribution in [3.05, 3.63) is 58.1 Å². The standard InChI is InChI=1S/C21H24BrN3O3/c1-15-7-8-19(17(22)13-15)28-14-20(26)23-18-6-4-3-5-16(18)21(27)25-11-9-24(2)10-12-25/h3-8,13H,9-12,14H2,1-2H3,(H,23,26). The van der Waals surface area contributed by atoms with E-state index in [1.165, 1.54) is 0 Å². The molecule has 0 unspecified atom stereocenters. The molecule has 1 saturated heterocycles. The van der Waals surface area contributed by atoms with Crippen LogP contribution in [0.15, 0.2) is 46.9 Å². The molecule has 0 atom stereocenters. The number of carbonyl (C=O) groups is 2. The zero-order valence-electron chi connectivity index (χ0n) is 16.1. The van der Waals surface area contributed by atoms with Crippen molar-refractivity contribution >= 4 is 33.4 Å². The fourth-order valence-electron chi connectivity index (χ4n) is 3.01. The van der Waals surface area contributed by atoms with E-state index in [9.17, 15) is 9.59 Å². The Kier molecular flexibility index (Phi) is 6.70. The number of carbonyl (C=O) groups excluding carboxylic acids is 2. The minimum absolute atomic E-state index is 0.0637. The van der Waals surface area contributed by atoms with Crippen molar-refractivity contribution in [1.82, 2.24) is 9.80 Å². The van der Waals surface area contributed by atoms with Crippen LogP contribution in [0.3, 0.4) is 0 Å². The van der Waals surface area contributed by atoms with Gasteiger partial charge in [0.05, 0.1) is 15.7 Å². The molecule has 0 aliphatic carbocycles. The van der Waals surface area contributed by atoms with Crippen LogP contribution in [0.1, 0.15) is 15.9 Å². The van der Waals surface area contributed by atoms with E-state index in [1.807, 2.05) is 37.1 Å². The largest absolute Gasteiger partial charge is 0.483 e. The van der Waals surface area contributed by atoms with Gasteiger partial charge in [-0.25, -0.2) is 0 Å². The van der Waals surface area contributed by atoms with Crippen LogP contribution < -0.4 is 10.1 Å². The minimum Gasteiger partial charge on any atom is -0.483 e. The molecular formula is C21H24BrN3O3. The third kappa shape index (κ3) is 5.11. The Labute approximate surface area is 173 Å². The molecule has 1 aliphatic heterocycles. The number of amides is 2. The number of benzene rings is 2. The monoisotopic (exact) mass is 445 g/mol. The molecule has 1 N–H and O–H groups in total. The second-order valence-corrected chi connectivity index (χ2v) is 7.77. The van der Waals surface area contributed by atoms with Crippen LogP contribution in [0.2, 0.25) is 0 Å². The van der Waals surface area contributed by atoms with Crippen molar-refractivity contribution in [2.45, 2.75) is 6.92 Å². The highest BCUT2D eigenvalue weighted by Crippen LogP contribution is 2.26. The summed E-state index contributed by atoms with van der Waals surface area (Å²) in [5.41, 5.74) is 2.10. The third-order valence-corrected chi connectivity index (χ3v) is 5.29. The molecule has 1 heterocycles. The summed E-state index contributed by atoms with van der Waals surface area (Å²) in [4.78, 5) is 29.3. The summed E-state index contributed by atoms with van der Waals surface area (Å²) < 4.78 is 6.39. The van der Waals surface area contributed by atoms with Gasteiger partial charge in [-0.2, -0.15) is 0 Å². The molecular weight excluding hydrogens is 422 g/mol. The molecule has 148 valence electrons. The van der Waals surface area contributed by atoms with Crippen molar-refractivity contribution in [2.75, 3.05) is 45.2 Å². The molecule has 0 saturated carbocycles. The summed E-state index contributed by atoms with van der Waals surface area (Å²) in [6.45, 7) is 4.90. The maximum atomic E-state index is 12.9. The predicted octanol–water partition coefficient (Wildman–Crippen LogP) is 3.16. The zero-order chi connectivity index (χ0) is 20.1. The van der Waals surface area contributed by atoms with Gasteiger partial charge in [-0.3, -0.25) is 9.59 Å². The fraction of sp³-hybridized carbons (Fsp3) is 0.333. The minimum atomic E-state index is -0.314. The first-order chi connectivity index (χ1) is 13.4. The van der Waals surface area contributed by atoms with Gasteiger partial charge < -0.3 is 19.9 Å². The highest BCUT2D eigenvalue weighted by atomic mass is 79.9. The van der Waals surface area contributed by atoms with Gasteiger partial charge in [0, 0.05) is 26.2 Å². The van der Waals surface area contributed by atoms with Gasteiger partial charge in [0.2, 0.25) is 0 Å². The molecule has 3 rings (SSSR count). The van der Waals surface area contributed by atoms with E-state index in [0.29, 0.717) is 30.1 Å². The number of likely N-dealkylation sites (N-methyl/N-ethyl adjacent to an activating group) is 1. The Morgan fingerprint density at radius 1 is 1.11 bits per heavy atom. The number of para-hydroxylation sites is 1. The van der Waals surface area contributed by atoms with Gasteiger partial charge >= 0.3 is 0 Å². The number of anilines is 1. The lowest BCUT2D eigenvalue weighted by Crippen LogP contribution is -2.47. The quantitative estimate of drug-likeness (QED) is 0.767. The number of rotatable bonds is 5. The molecule has 0 radical (unpaired) electrons. The van der Waals surface area contributed by atoms with Gasteiger partial charge in [-0.1, -0.05) is 18.2 Å². The first kappa shape index (κ1) is 20.4. The van der Waals surface area contributed by atoms with E-state index >= 15 is 0 Å². The van der Waals surface area contributed by atoms with Gasteiger partial charge in [0.25, 0.3) is 11.8 Å². The molecule has 0 bridgehead atoms. The molecule has 2 aromatic carbocycles. The topological polar surface area (TPSA) is 61.9 Å². The van der Waals surface area contributed by atoms with E-state index in [4.69, 9.17) is 4.74 Å². The van der Waals surface area contributed by atoms with Crippen molar-refractivity contribution < 1.29 is 14.3 Å². The summed E-state index contributed by atoms with van der Waals surface area (Å²) in [6, 6.07) is 12.8. The van der Waals surface area contributed by atoms with Crippen molar-refractivity contribution in [2.24, 2.45) is 0 Å². The lowest BCUT2D eigenvalue weighted by molar-refractivity contribution is -0.118. The Bertz CT molecular complexity index is 864. The number of nitrogens with zero attached hydrogens (tertiary/aromatic N) is 2. The highest BCUT2D eigenvalue weighted by molar-refractivity contribution is 9.10. The van der Waals surface area contributed by atoms with Crippen molar-refractivity contribution in [3.63, 3.8) is 0 Å². The van der Waals surface area contributed by atoms with Gasteiger partial charge in [-0.05, 0) is 59.7 Å². The van der Waals surface area contributed by atoms with Crippen LogP contribution in [-0.4, -0.2) is 61.4 Å². The van der Waals surface area contributed by atoms with Crippen molar-refractivity contribution in [3.8, 4) is 5.75 Å². The first-order valence-electron chi connectivity index (χ1n) is 9.19. The van der Waals surface area contributed by atoms with Crippen LogP contribution in [0.4, 0.5) is 5.69 Å². The number of ether oxygens (including phenoxy) is 1. The van der Waals surface area contributed by atoms with E-state index in [1.54, 1.807) is 24.3 Å². The molecule has 0 spiro atoms. The smallest absolute Gasteiger partial charge is 0.262 e. The molecule has 1 aliphatic rings. The molecule has 2 aromatic rings. The molecule has 6 nitrogen and oxygen atoms in total. The lowest BCUT2D eigenvalue weighted by Gasteiger charge is -2.32. The fourth-order valence-corrected chi connectivity index (χ4v) is 3.62. The van der Waals surface area contributed by atoms with Crippen LogP contribution in [-0.2, 0) is 4.79 Å². The number of hydrogen-bond donors (Lipinski definition) is 1. The van der Waals surface area contributed by atoms with E-state index in [2.05, 4.69) is 26.1 Å². The Morgan fingerprint density at radius 2 is 1.82 bits per heavy atom. The van der Waals surface area contributed by atoms with E-state index in [-0.39, 0.29) is 18.4 Å². The first-order valence-corrected chi connectivity index (χ1v) is 9.99. The van der Waals surface area contributed by atoms with Crippen molar-refractivity contribution in [1.29, 1.82) is 0 Å². The molecule has 0 aromatic heterocycles. The predicted molar refractivity (Wildman–Crippen MR) is 113 cm³/mol. The average molecular weight is 446 g/mol. The van der Waals surface area contributed by atoms with Crippen LogP contribution in [0.5, 0.6) is 5.75 Å². The summed E-state index contributed by atoms with van der Waals surface area (Å²) in [6.07, 6.45) is 0. The number of hydrogen-bond acceptors (Lipinski definition) is 4. The Hall–Kier alpha value is -2.38. The Morgan fingerprint density at radius 3 is 2.54 bits per heavy atom. The maximum Gasteiger partial charge on any atom is 0.262 e. The van der Waals surface area contributed by atoms with Crippen LogP contribution in [0, 0.1) is 6.92 Å². The van der Waals surface area contributed by atoms with Gasteiger partial charge in [0.1, 0.15) is 5.75 Å². The van der Waals surface area contributed by atoms with Crippen LogP contribution in [0.25, 0.3) is 0 Å². The number of halogens is 1. The Balaban J connectivity index is 1.64. The van der Waals surface area contributed by atoms with Gasteiger partial charge in [0.15, 0.2) is 6.61 Å². The third-order valence-electron chi connectivity index (χ3n) is 4.67.